The average molecular weight is 415 g/mol. The number of nitrogens with zero attached hydrogens (tertiary/aromatic N) is 4. The molecule has 2 aliphatic heterocycles. The highest BCUT2D eigenvalue weighted by Gasteiger charge is 2.31. The summed E-state index contributed by atoms with van der Waals surface area (Å²) >= 11 is 0. The van der Waals surface area contributed by atoms with Gasteiger partial charge in [0.1, 0.15) is 17.2 Å². The van der Waals surface area contributed by atoms with Gasteiger partial charge in [-0.2, -0.15) is 5.10 Å². The molecule has 30 heavy (non-hydrogen) atoms. The maximum atomic E-state index is 13.0. The number of aryl methyl sites for hydroxylation is 3. The Balaban J connectivity index is 1.51. The molecule has 1 saturated heterocycles. The van der Waals surface area contributed by atoms with Crippen molar-refractivity contribution >= 4 is 11.8 Å². The van der Waals surface area contributed by atoms with Crippen molar-refractivity contribution in [3.05, 3.63) is 40.6 Å². The van der Waals surface area contributed by atoms with Gasteiger partial charge in [-0.25, -0.2) is 0 Å². The molecule has 2 aromatic heterocycles. The van der Waals surface area contributed by atoms with E-state index in [0.717, 1.165) is 50.4 Å². The van der Waals surface area contributed by atoms with Crippen LogP contribution in [0.15, 0.2) is 16.5 Å². The molecule has 0 aliphatic carbocycles. The van der Waals surface area contributed by atoms with Crippen LogP contribution in [0.3, 0.4) is 0 Å². The normalized spacial score (nSPS) is 19.7. The van der Waals surface area contributed by atoms with Crippen LogP contribution >= 0.6 is 0 Å². The van der Waals surface area contributed by atoms with Crippen LogP contribution in [0.2, 0.25) is 0 Å². The molecule has 8 heteroatoms. The zero-order valence-corrected chi connectivity index (χ0v) is 18.0. The van der Waals surface area contributed by atoms with E-state index >= 15 is 0 Å². The van der Waals surface area contributed by atoms with Crippen LogP contribution in [0, 0.1) is 13.8 Å². The Morgan fingerprint density at radius 1 is 1.23 bits per heavy atom. The smallest absolute Gasteiger partial charge is 0.272 e. The molecule has 4 rings (SSSR count). The Kier molecular flexibility index (Phi) is 5.94. The topological polar surface area (TPSA) is 80.8 Å². The second-order valence-electron chi connectivity index (χ2n) is 8.23. The Bertz CT molecular complexity index is 932. The summed E-state index contributed by atoms with van der Waals surface area (Å²) in [4.78, 5) is 29.7. The van der Waals surface area contributed by atoms with Gasteiger partial charge in [-0.1, -0.05) is 0 Å². The second kappa shape index (κ2) is 8.63. The highest BCUT2D eigenvalue weighted by Crippen LogP contribution is 2.29. The molecule has 8 nitrogen and oxygen atoms in total. The number of amides is 2. The third-order valence-electron chi connectivity index (χ3n) is 6.07. The summed E-state index contributed by atoms with van der Waals surface area (Å²) in [5.74, 6) is 1.57. The molecule has 4 heterocycles. The first-order valence-electron chi connectivity index (χ1n) is 10.7. The summed E-state index contributed by atoms with van der Waals surface area (Å²) in [5, 5.41) is 4.77. The molecule has 2 aliphatic rings. The lowest BCUT2D eigenvalue weighted by Gasteiger charge is -2.32. The van der Waals surface area contributed by atoms with Crippen molar-refractivity contribution in [3.8, 4) is 0 Å². The number of methoxy groups -OCH3 is 1. The van der Waals surface area contributed by atoms with Gasteiger partial charge in [-0.05, 0) is 45.2 Å². The van der Waals surface area contributed by atoms with Crippen LogP contribution < -0.4 is 0 Å². The Morgan fingerprint density at radius 2 is 2.07 bits per heavy atom. The Labute approximate surface area is 176 Å². The van der Waals surface area contributed by atoms with Crippen molar-refractivity contribution in [1.29, 1.82) is 0 Å². The van der Waals surface area contributed by atoms with E-state index in [1.165, 1.54) is 0 Å². The van der Waals surface area contributed by atoms with Crippen LogP contribution in [0.5, 0.6) is 0 Å². The van der Waals surface area contributed by atoms with Crippen molar-refractivity contribution in [1.82, 2.24) is 19.6 Å². The van der Waals surface area contributed by atoms with Gasteiger partial charge in [0.2, 0.25) is 0 Å². The summed E-state index contributed by atoms with van der Waals surface area (Å²) in [7, 11) is 1.65. The summed E-state index contributed by atoms with van der Waals surface area (Å²) in [5.41, 5.74) is 2.19. The van der Waals surface area contributed by atoms with Gasteiger partial charge in [0.25, 0.3) is 11.8 Å². The Hall–Kier alpha value is -2.61. The number of hydrogen-bond donors (Lipinski definition) is 0. The number of furan rings is 1. The fourth-order valence-electron chi connectivity index (χ4n) is 4.49. The number of fused-ring (bicyclic) bond motifs is 1. The molecule has 0 saturated carbocycles. The fourth-order valence-corrected chi connectivity index (χ4v) is 4.49. The van der Waals surface area contributed by atoms with Crippen molar-refractivity contribution < 1.29 is 18.7 Å². The number of carbonyl (C=O) groups is 2. The van der Waals surface area contributed by atoms with E-state index in [-0.39, 0.29) is 17.7 Å². The van der Waals surface area contributed by atoms with E-state index in [2.05, 4.69) is 0 Å². The summed E-state index contributed by atoms with van der Waals surface area (Å²) in [6.45, 7) is 7.59. The van der Waals surface area contributed by atoms with E-state index in [1.807, 2.05) is 40.5 Å². The number of carbonyl (C=O) groups excluding carboxylic acids is 2. The van der Waals surface area contributed by atoms with E-state index < -0.39 is 0 Å². The molecule has 2 amide bonds. The third-order valence-corrected chi connectivity index (χ3v) is 6.07. The lowest BCUT2D eigenvalue weighted by atomic mass is 9.94. The van der Waals surface area contributed by atoms with E-state index in [1.54, 1.807) is 7.11 Å². The summed E-state index contributed by atoms with van der Waals surface area (Å²) < 4.78 is 12.5. The minimum absolute atomic E-state index is 0.0107. The highest BCUT2D eigenvalue weighted by atomic mass is 16.5. The van der Waals surface area contributed by atoms with Crippen LogP contribution in [-0.2, 0) is 11.3 Å². The first kappa shape index (κ1) is 20.7. The standard InChI is InChI=1S/C22H30N4O4/c1-15-12-18(16(2)30-15)21(27)25-7-4-6-17(14-25)19-13-20-22(28)24(10-11-29-3)8-5-9-26(20)23-19/h12-13,17H,4-11,14H2,1-3H3. The van der Waals surface area contributed by atoms with Gasteiger partial charge in [-0.15, -0.1) is 0 Å². The van der Waals surface area contributed by atoms with Gasteiger partial charge in [0, 0.05) is 45.8 Å². The zero-order chi connectivity index (χ0) is 21.3. The lowest BCUT2D eigenvalue weighted by molar-refractivity contribution is 0.0692. The zero-order valence-electron chi connectivity index (χ0n) is 18.0. The minimum Gasteiger partial charge on any atom is -0.466 e. The molecule has 1 atom stereocenters. The molecular formula is C22H30N4O4. The van der Waals surface area contributed by atoms with Crippen LogP contribution in [0.25, 0.3) is 0 Å². The van der Waals surface area contributed by atoms with Crippen molar-refractivity contribution in [2.45, 2.75) is 45.6 Å². The highest BCUT2D eigenvalue weighted by molar-refractivity contribution is 5.95. The predicted octanol–water partition coefficient (Wildman–Crippen LogP) is 2.61. The van der Waals surface area contributed by atoms with Gasteiger partial charge in [0.05, 0.1) is 17.9 Å². The van der Waals surface area contributed by atoms with E-state index in [9.17, 15) is 9.59 Å². The average Bonchev–Trinajstić information content (AvgIpc) is 3.28. The molecule has 0 N–H and O–H groups in total. The van der Waals surface area contributed by atoms with Crippen molar-refractivity contribution in [2.75, 3.05) is 39.9 Å². The van der Waals surface area contributed by atoms with Gasteiger partial charge in [-0.3, -0.25) is 14.3 Å². The van der Waals surface area contributed by atoms with Crippen molar-refractivity contribution in [2.24, 2.45) is 0 Å². The number of rotatable bonds is 5. The van der Waals surface area contributed by atoms with Crippen LogP contribution in [0.4, 0.5) is 0 Å². The van der Waals surface area contributed by atoms with Crippen molar-refractivity contribution in [3.63, 3.8) is 0 Å². The fraction of sp³-hybridized carbons (Fsp3) is 0.591. The Morgan fingerprint density at radius 3 is 2.80 bits per heavy atom. The predicted molar refractivity (Wildman–Crippen MR) is 111 cm³/mol. The quantitative estimate of drug-likeness (QED) is 0.751. The molecule has 162 valence electrons. The molecular weight excluding hydrogens is 384 g/mol. The number of likely N-dealkylation sites (tertiary alicyclic amines) is 1. The first-order valence-corrected chi connectivity index (χ1v) is 10.7. The monoisotopic (exact) mass is 414 g/mol. The number of hydrogen-bond acceptors (Lipinski definition) is 5. The number of piperidine rings is 1. The second-order valence-corrected chi connectivity index (χ2v) is 8.23. The van der Waals surface area contributed by atoms with Gasteiger partial charge < -0.3 is 19.0 Å². The third kappa shape index (κ3) is 4.01. The van der Waals surface area contributed by atoms with Gasteiger partial charge in [0.15, 0.2) is 0 Å². The van der Waals surface area contributed by atoms with Crippen LogP contribution in [0.1, 0.15) is 63.2 Å². The molecule has 0 aromatic carbocycles. The van der Waals surface area contributed by atoms with Gasteiger partial charge >= 0.3 is 0 Å². The lowest BCUT2D eigenvalue weighted by Crippen LogP contribution is -2.39. The summed E-state index contributed by atoms with van der Waals surface area (Å²) in [6.07, 6.45) is 2.76. The maximum Gasteiger partial charge on any atom is 0.272 e. The van der Waals surface area contributed by atoms with E-state index in [0.29, 0.717) is 36.7 Å². The number of aromatic nitrogens is 2. The largest absolute Gasteiger partial charge is 0.466 e. The first-order chi connectivity index (χ1) is 14.5. The van der Waals surface area contributed by atoms with Crippen LogP contribution in [-0.4, -0.2) is 71.3 Å². The molecule has 1 fully saturated rings. The SMILES string of the molecule is COCCN1CCCn2nc(C3CCCN(C(=O)c4cc(C)oc4C)C3)cc2C1=O. The number of ether oxygens (including phenoxy) is 1. The maximum absolute atomic E-state index is 13.0. The molecule has 2 aromatic rings. The molecule has 0 radical (unpaired) electrons. The molecule has 1 unspecified atom stereocenters. The minimum atomic E-state index is 0.0107. The molecule has 0 bridgehead atoms. The molecule has 0 spiro atoms. The van der Waals surface area contributed by atoms with E-state index in [4.69, 9.17) is 14.3 Å². The summed E-state index contributed by atoms with van der Waals surface area (Å²) in [6, 6.07) is 3.74.